The van der Waals surface area contributed by atoms with Gasteiger partial charge in [0, 0.05) is 17.5 Å². The van der Waals surface area contributed by atoms with Crippen LogP contribution in [0.3, 0.4) is 0 Å². The molecule has 1 aromatic rings. The number of nitrogens with zero attached hydrogens (tertiary/aromatic N) is 1. The van der Waals surface area contributed by atoms with E-state index in [-0.39, 0.29) is 12.6 Å². The fourth-order valence-electron chi connectivity index (χ4n) is 2.06. The number of hydrogen-bond donors (Lipinski definition) is 1. The van der Waals surface area contributed by atoms with Crippen LogP contribution in [0.5, 0.6) is 0 Å². The summed E-state index contributed by atoms with van der Waals surface area (Å²) in [6.45, 7) is 8.18. The lowest BCUT2D eigenvalue weighted by molar-refractivity contribution is 0.285. The van der Waals surface area contributed by atoms with Crippen LogP contribution in [0.15, 0.2) is 10.3 Å². The molecule has 6 heteroatoms. The van der Waals surface area contributed by atoms with Crippen LogP contribution in [0, 0.1) is 6.92 Å². The lowest BCUT2D eigenvalue weighted by Gasteiger charge is -2.25. The molecule has 1 N–H and O–H groups in total. The first kappa shape index (κ1) is 17.6. The summed E-state index contributed by atoms with van der Waals surface area (Å²) in [7, 11) is -3.45. The van der Waals surface area contributed by atoms with E-state index >= 15 is 0 Å². The molecule has 0 radical (unpaired) electrons. The van der Waals surface area contributed by atoms with Gasteiger partial charge in [0.05, 0.1) is 6.61 Å². The van der Waals surface area contributed by atoms with Crippen molar-refractivity contribution < 1.29 is 13.5 Å². The van der Waals surface area contributed by atoms with Gasteiger partial charge in [-0.3, -0.25) is 0 Å². The average Bonchev–Trinajstić information content (AvgIpc) is 2.76. The van der Waals surface area contributed by atoms with Gasteiger partial charge in [0.1, 0.15) is 4.21 Å². The van der Waals surface area contributed by atoms with E-state index in [0.29, 0.717) is 10.8 Å². The van der Waals surface area contributed by atoms with Crippen molar-refractivity contribution in [3.05, 3.63) is 16.5 Å². The van der Waals surface area contributed by atoms with Crippen LogP contribution >= 0.6 is 11.3 Å². The third-order valence-corrected chi connectivity index (χ3v) is 7.01. The van der Waals surface area contributed by atoms with Gasteiger partial charge >= 0.3 is 0 Å². The number of unbranched alkanes of at least 4 members (excludes halogenated alkanes) is 2. The number of thiophene rings is 1. The summed E-state index contributed by atoms with van der Waals surface area (Å²) in [5.74, 6) is 0. The van der Waals surface area contributed by atoms with Crippen molar-refractivity contribution in [2.75, 3.05) is 6.54 Å². The first-order valence-electron chi connectivity index (χ1n) is 7.06. The van der Waals surface area contributed by atoms with Crippen molar-refractivity contribution in [2.45, 2.75) is 63.8 Å². The Bertz CT molecular complexity index is 521. The highest BCUT2D eigenvalue weighted by Gasteiger charge is 2.28. The highest BCUT2D eigenvalue weighted by atomic mass is 32.2. The van der Waals surface area contributed by atoms with Gasteiger partial charge in [-0.2, -0.15) is 4.31 Å². The molecule has 0 saturated heterocycles. The van der Waals surface area contributed by atoms with Gasteiger partial charge in [-0.05, 0) is 38.8 Å². The van der Waals surface area contributed by atoms with Crippen molar-refractivity contribution in [3.63, 3.8) is 0 Å². The highest BCUT2D eigenvalue weighted by Crippen LogP contribution is 2.29. The van der Waals surface area contributed by atoms with Crippen LogP contribution in [0.2, 0.25) is 0 Å². The van der Waals surface area contributed by atoms with E-state index in [2.05, 4.69) is 6.92 Å². The van der Waals surface area contributed by atoms with Crippen LogP contribution in [0.4, 0.5) is 0 Å². The fraction of sp³-hybridized carbons (Fsp3) is 0.714. The van der Waals surface area contributed by atoms with Gasteiger partial charge in [0.25, 0.3) is 10.0 Å². The standard InChI is InChI=1S/C14H25NO3S2/c1-5-6-7-8-15(11(2)3)20(17,18)14-9-12(4)13(10-16)19-14/h9,11,16H,5-8,10H2,1-4H3. The van der Waals surface area contributed by atoms with E-state index in [4.69, 9.17) is 0 Å². The Morgan fingerprint density at radius 3 is 2.45 bits per heavy atom. The summed E-state index contributed by atoms with van der Waals surface area (Å²) in [6, 6.07) is 1.61. The third kappa shape index (κ3) is 4.04. The number of aliphatic hydroxyl groups is 1. The molecule has 116 valence electrons. The van der Waals surface area contributed by atoms with E-state index in [0.717, 1.165) is 29.7 Å². The molecule has 0 bridgehead atoms. The van der Waals surface area contributed by atoms with E-state index in [9.17, 15) is 13.5 Å². The summed E-state index contributed by atoms with van der Waals surface area (Å²) in [6.07, 6.45) is 2.98. The van der Waals surface area contributed by atoms with Crippen LogP contribution in [0.1, 0.15) is 50.5 Å². The maximum atomic E-state index is 12.7. The molecule has 0 saturated carbocycles. The maximum absolute atomic E-state index is 12.7. The van der Waals surface area contributed by atoms with E-state index in [1.165, 1.54) is 11.3 Å². The second-order valence-electron chi connectivity index (χ2n) is 5.25. The summed E-state index contributed by atoms with van der Waals surface area (Å²) in [4.78, 5) is 0.723. The zero-order valence-corrected chi connectivity index (χ0v) is 14.4. The third-order valence-electron chi connectivity index (χ3n) is 3.26. The van der Waals surface area contributed by atoms with Gasteiger partial charge in [-0.25, -0.2) is 8.42 Å². The SMILES string of the molecule is CCCCCN(C(C)C)S(=O)(=O)c1cc(C)c(CO)s1. The van der Waals surface area contributed by atoms with Crippen LogP contribution in [0.25, 0.3) is 0 Å². The molecule has 0 spiro atoms. The molecule has 0 aliphatic carbocycles. The Morgan fingerprint density at radius 2 is 2.00 bits per heavy atom. The quantitative estimate of drug-likeness (QED) is 0.749. The van der Waals surface area contributed by atoms with Gasteiger partial charge in [0.2, 0.25) is 0 Å². The second kappa shape index (κ2) is 7.54. The van der Waals surface area contributed by atoms with Crippen LogP contribution in [-0.2, 0) is 16.6 Å². The predicted octanol–water partition coefficient (Wildman–Crippen LogP) is 3.14. The van der Waals surface area contributed by atoms with Crippen molar-refractivity contribution in [1.29, 1.82) is 0 Å². The summed E-state index contributed by atoms with van der Waals surface area (Å²) in [5.41, 5.74) is 0.841. The maximum Gasteiger partial charge on any atom is 0.252 e. The molecule has 1 rings (SSSR count). The number of aryl methyl sites for hydroxylation is 1. The summed E-state index contributed by atoms with van der Waals surface area (Å²) >= 11 is 1.17. The molecule has 4 nitrogen and oxygen atoms in total. The topological polar surface area (TPSA) is 57.6 Å². The summed E-state index contributed by atoms with van der Waals surface area (Å²) in [5, 5.41) is 9.22. The van der Waals surface area contributed by atoms with Gasteiger partial charge in [0.15, 0.2) is 0 Å². The van der Waals surface area contributed by atoms with E-state index in [1.54, 1.807) is 10.4 Å². The minimum atomic E-state index is -3.45. The monoisotopic (exact) mass is 319 g/mol. The fourth-order valence-corrected chi connectivity index (χ4v) is 5.32. The molecule has 0 aliphatic rings. The molecular weight excluding hydrogens is 294 g/mol. The lowest BCUT2D eigenvalue weighted by Crippen LogP contribution is -2.37. The van der Waals surface area contributed by atoms with Crippen LogP contribution in [-0.4, -0.2) is 30.4 Å². The number of sulfonamides is 1. The van der Waals surface area contributed by atoms with Gasteiger partial charge < -0.3 is 5.11 Å². The zero-order valence-electron chi connectivity index (χ0n) is 12.7. The molecule has 0 amide bonds. The minimum absolute atomic E-state index is 0.0585. The van der Waals surface area contributed by atoms with Gasteiger partial charge in [-0.1, -0.05) is 19.8 Å². The predicted molar refractivity (Wildman–Crippen MR) is 83.5 cm³/mol. The van der Waals surface area contributed by atoms with E-state index < -0.39 is 10.0 Å². The molecular formula is C14H25NO3S2. The lowest BCUT2D eigenvalue weighted by atomic mass is 10.2. The number of aliphatic hydroxyl groups excluding tert-OH is 1. The molecule has 0 aliphatic heterocycles. The summed E-state index contributed by atoms with van der Waals surface area (Å²) < 4.78 is 27.3. The first-order chi connectivity index (χ1) is 9.34. The molecule has 0 unspecified atom stereocenters. The molecule has 0 atom stereocenters. The number of rotatable bonds is 8. The normalized spacial score (nSPS) is 12.6. The molecule has 1 aromatic heterocycles. The molecule has 0 fully saturated rings. The highest BCUT2D eigenvalue weighted by molar-refractivity contribution is 7.91. The smallest absolute Gasteiger partial charge is 0.252 e. The van der Waals surface area contributed by atoms with E-state index in [1.807, 2.05) is 20.8 Å². The Morgan fingerprint density at radius 1 is 1.35 bits per heavy atom. The number of hydrogen-bond acceptors (Lipinski definition) is 4. The van der Waals surface area contributed by atoms with Crippen LogP contribution < -0.4 is 0 Å². The van der Waals surface area contributed by atoms with Crippen molar-refractivity contribution >= 4 is 21.4 Å². The van der Waals surface area contributed by atoms with Gasteiger partial charge in [-0.15, -0.1) is 11.3 Å². The van der Waals surface area contributed by atoms with Crippen molar-refractivity contribution in [2.24, 2.45) is 0 Å². The second-order valence-corrected chi connectivity index (χ2v) is 8.50. The Labute approximate surface area is 126 Å². The Balaban J connectivity index is 3.02. The minimum Gasteiger partial charge on any atom is -0.391 e. The van der Waals surface area contributed by atoms with Crippen molar-refractivity contribution in [3.8, 4) is 0 Å². The van der Waals surface area contributed by atoms with Crippen molar-refractivity contribution in [1.82, 2.24) is 4.31 Å². The average molecular weight is 319 g/mol. The Hall–Kier alpha value is -0.430. The largest absolute Gasteiger partial charge is 0.391 e. The molecule has 1 heterocycles. The Kier molecular flexibility index (Phi) is 6.64. The molecule has 0 aromatic carbocycles. The molecule has 20 heavy (non-hydrogen) atoms. The zero-order chi connectivity index (χ0) is 15.3. The first-order valence-corrected chi connectivity index (χ1v) is 9.32.